The van der Waals surface area contributed by atoms with Crippen LogP contribution in [0.2, 0.25) is 0 Å². The molecule has 3 rings (SSSR count). The van der Waals surface area contributed by atoms with Crippen molar-refractivity contribution in [1.29, 1.82) is 0 Å². The van der Waals surface area contributed by atoms with Crippen LogP contribution in [0.25, 0.3) is 0 Å². The summed E-state index contributed by atoms with van der Waals surface area (Å²) in [6.07, 6.45) is 2.17. The van der Waals surface area contributed by atoms with Gasteiger partial charge >= 0.3 is 0 Å². The number of nitrogens with one attached hydrogen (secondary N) is 1. The first-order valence-corrected chi connectivity index (χ1v) is 8.50. The van der Waals surface area contributed by atoms with Crippen LogP contribution in [0.3, 0.4) is 0 Å². The molecule has 1 aromatic rings. The lowest BCUT2D eigenvalue weighted by atomic mass is 10.1. The van der Waals surface area contributed by atoms with Crippen LogP contribution in [0.4, 0.5) is 5.69 Å². The SMILES string of the molecule is Nc1cccc2c1C(I)(I)N(C1CCCNC1)C2=O. The summed E-state index contributed by atoms with van der Waals surface area (Å²) in [5.74, 6) is 0.111. The summed E-state index contributed by atoms with van der Waals surface area (Å²) in [4.78, 5) is 14.7. The smallest absolute Gasteiger partial charge is 0.256 e. The Kier molecular flexibility index (Phi) is 3.67. The number of nitrogens with zero attached hydrogens (tertiary/aromatic N) is 1. The molecule has 1 unspecified atom stereocenters. The molecule has 2 heterocycles. The molecular weight excluding hydrogens is 468 g/mol. The second-order valence-electron chi connectivity index (χ2n) is 4.99. The number of anilines is 1. The number of halogens is 2. The Hall–Kier alpha value is -0.0900. The summed E-state index contributed by atoms with van der Waals surface area (Å²) in [6.45, 7) is 1.91. The van der Waals surface area contributed by atoms with Gasteiger partial charge in [0.25, 0.3) is 5.91 Å². The van der Waals surface area contributed by atoms with Crippen molar-refractivity contribution in [2.45, 2.75) is 20.4 Å². The van der Waals surface area contributed by atoms with Crippen LogP contribution in [-0.4, -0.2) is 29.9 Å². The summed E-state index contributed by atoms with van der Waals surface area (Å²) in [6, 6.07) is 5.87. The third-order valence-corrected chi connectivity index (χ3v) is 5.90. The maximum absolute atomic E-state index is 12.7. The second kappa shape index (κ2) is 5.03. The second-order valence-corrected chi connectivity index (χ2v) is 10.2. The quantitative estimate of drug-likeness (QED) is 0.280. The molecular formula is C13H15I2N3O. The summed E-state index contributed by atoms with van der Waals surface area (Å²) in [5.41, 5.74) is 8.53. The third kappa shape index (κ3) is 2.15. The third-order valence-electron chi connectivity index (χ3n) is 3.79. The summed E-state index contributed by atoms with van der Waals surface area (Å²) >= 11 is 4.69. The van der Waals surface area contributed by atoms with Crippen molar-refractivity contribution in [3.05, 3.63) is 29.3 Å². The molecule has 1 fully saturated rings. The number of alkyl halides is 2. The topological polar surface area (TPSA) is 58.4 Å². The Morgan fingerprint density at radius 3 is 2.84 bits per heavy atom. The number of carbonyl (C=O) groups is 1. The number of rotatable bonds is 1. The van der Waals surface area contributed by atoms with Gasteiger partial charge in [0.1, 0.15) is 0 Å². The standard InChI is InChI=1S/C13H15I2N3O/c14-13(15)11-9(4-1-5-10(11)16)12(19)18(13)8-3-2-6-17-7-8/h1,4-5,8,17H,2-3,6-7,16H2. The Morgan fingerprint density at radius 1 is 1.42 bits per heavy atom. The molecule has 0 spiro atoms. The average Bonchev–Trinajstić information content (AvgIpc) is 2.59. The molecule has 1 saturated heterocycles. The lowest BCUT2D eigenvalue weighted by Crippen LogP contribution is -2.50. The van der Waals surface area contributed by atoms with Gasteiger partial charge < -0.3 is 16.0 Å². The molecule has 1 amide bonds. The normalized spacial score (nSPS) is 25.5. The fourth-order valence-electron chi connectivity index (χ4n) is 2.91. The van der Waals surface area contributed by atoms with Gasteiger partial charge in [-0.15, -0.1) is 0 Å². The van der Waals surface area contributed by atoms with E-state index >= 15 is 0 Å². The van der Waals surface area contributed by atoms with E-state index in [2.05, 4.69) is 50.5 Å². The highest BCUT2D eigenvalue weighted by Gasteiger charge is 2.50. The number of carbonyl (C=O) groups excluding carboxylic acids is 1. The lowest BCUT2D eigenvalue weighted by molar-refractivity contribution is 0.0666. The van der Waals surface area contributed by atoms with Gasteiger partial charge in [-0.2, -0.15) is 0 Å². The highest BCUT2D eigenvalue weighted by molar-refractivity contribution is 14.2. The van der Waals surface area contributed by atoms with E-state index in [1.54, 1.807) is 0 Å². The van der Waals surface area contributed by atoms with Crippen LogP contribution >= 0.6 is 45.2 Å². The predicted molar refractivity (Wildman–Crippen MR) is 92.6 cm³/mol. The van der Waals surface area contributed by atoms with Crippen molar-refractivity contribution in [3.63, 3.8) is 0 Å². The van der Waals surface area contributed by atoms with Crippen LogP contribution < -0.4 is 11.1 Å². The molecule has 1 aromatic carbocycles. The molecule has 0 aromatic heterocycles. The molecule has 19 heavy (non-hydrogen) atoms. The van der Waals surface area contributed by atoms with E-state index in [9.17, 15) is 4.79 Å². The number of hydrogen-bond acceptors (Lipinski definition) is 3. The van der Waals surface area contributed by atoms with Crippen LogP contribution in [-0.2, 0) is 1.55 Å². The van der Waals surface area contributed by atoms with Crippen LogP contribution in [0.1, 0.15) is 28.8 Å². The Balaban J connectivity index is 2.05. The van der Waals surface area contributed by atoms with Gasteiger partial charge in [-0.05, 0) is 76.7 Å². The Morgan fingerprint density at radius 2 is 2.21 bits per heavy atom. The van der Waals surface area contributed by atoms with Gasteiger partial charge in [0.15, 0.2) is 1.55 Å². The molecule has 1 atom stereocenters. The minimum absolute atomic E-state index is 0.111. The van der Waals surface area contributed by atoms with E-state index < -0.39 is 0 Å². The van der Waals surface area contributed by atoms with Crippen LogP contribution in [0, 0.1) is 0 Å². The molecule has 0 saturated carbocycles. The van der Waals surface area contributed by atoms with E-state index in [0.29, 0.717) is 5.69 Å². The highest BCUT2D eigenvalue weighted by Crippen LogP contribution is 2.53. The molecule has 3 N–H and O–H groups in total. The minimum Gasteiger partial charge on any atom is -0.398 e. The first-order valence-electron chi connectivity index (χ1n) is 6.34. The number of piperidine rings is 1. The van der Waals surface area contributed by atoms with Crippen molar-refractivity contribution in [2.24, 2.45) is 0 Å². The van der Waals surface area contributed by atoms with E-state index in [4.69, 9.17) is 5.73 Å². The molecule has 102 valence electrons. The number of nitrogens with two attached hydrogens (primary N) is 1. The van der Waals surface area contributed by atoms with E-state index in [0.717, 1.165) is 37.1 Å². The maximum Gasteiger partial charge on any atom is 0.256 e. The van der Waals surface area contributed by atoms with E-state index in [1.165, 1.54) is 0 Å². The van der Waals surface area contributed by atoms with Crippen molar-refractivity contribution in [2.75, 3.05) is 18.8 Å². The Labute approximate surface area is 139 Å². The zero-order valence-corrected chi connectivity index (χ0v) is 14.6. The average molecular weight is 483 g/mol. The fraction of sp³-hybridized carbons (Fsp3) is 0.462. The summed E-state index contributed by atoms with van der Waals surface area (Å²) < 4.78 is -0.378. The summed E-state index contributed by atoms with van der Waals surface area (Å²) in [5, 5.41) is 3.38. The molecule has 2 aliphatic heterocycles. The van der Waals surface area contributed by atoms with Crippen LogP contribution in [0.15, 0.2) is 18.2 Å². The number of amides is 1. The molecule has 4 nitrogen and oxygen atoms in total. The fourth-order valence-corrected chi connectivity index (χ4v) is 5.34. The minimum atomic E-state index is -0.378. The molecule has 0 aliphatic carbocycles. The van der Waals surface area contributed by atoms with Crippen molar-refractivity contribution < 1.29 is 4.79 Å². The number of hydrogen-bond donors (Lipinski definition) is 2. The number of nitrogen functional groups attached to an aromatic ring is 1. The predicted octanol–water partition coefficient (Wildman–Crippen LogP) is 2.46. The van der Waals surface area contributed by atoms with Crippen LogP contribution in [0.5, 0.6) is 0 Å². The maximum atomic E-state index is 12.7. The van der Waals surface area contributed by atoms with Crippen molar-refractivity contribution >= 4 is 56.8 Å². The van der Waals surface area contributed by atoms with Gasteiger partial charge in [-0.3, -0.25) is 4.79 Å². The molecule has 0 radical (unpaired) electrons. The van der Waals surface area contributed by atoms with Gasteiger partial charge in [0.2, 0.25) is 0 Å². The number of benzene rings is 1. The van der Waals surface area contributed by atoms with Crippen molar-refractivity contribution in [3.8, 4) is 0 Å². The van der Waals surface area contributed by atoms with Gasteiger partial charge in [0.05, 0.1) is 0 Å². The lowest BCUT2D eigenvalue weighted by Gasteiger charge is -2.38. The van der Waals surface area contributed by atoms with E-state index in [-0.39, 0.29) is 13.5 Å². The van der Waals surface area contributed by atoms with Gasteiger partial charge in [-0.25, -0.2) is 0 Å². The first kappa shape index (κ1) is 13.9. The first-order chi connectivity index (χ1) is 9.03. The largest absolute Gasteiger partial charge is 0.398 e. The van der Waals surface area contributed by atoms with Crippen molar-refractivity contribution in [1.82, 2.24) is 10.2 Å². The van der Waals surface area contributed by atoms with Gasteiger partial charge in [0, 0.05) is 29.4 Å². The summed E-state index contributed by atoms with van der Waals surface area (Å²) in [7, 11) is 0. The monoisotopic (exact) mass is 483 g/mol. The Bertz CT molecular complexity index is 527. The van der Waals surface area contributed by atoms with Gasteiger partial charge in [-0.1, -0.05) is 6.07 Å². The van der Waals surface area contributed by atoms with E-state index in [1.807, 2.05) is 23.1 Å². The molecule has 0 bridgehead atoms. The zero-order valence-electron chi connectivity index (χ0n) is 10.3. The number of fused-ring (bicyclic) bond motifs is 1. The highest BCUT2D eigenvalue weighted by atomic mass is 127. The molecule has 2 aliphatic rings. The molecule has 6 heteroatoms. The zero-order chi connectivity index (χ0) is 13.6.